The lowest BCUT2D eigenvalue weighted by molar-refractivity contribution is 0.0955. The van der Waals surface area contributed by atoms with E-state index in [-0.39, 0.29) is 0 Å². The molecule has 0 saturated carbocycles. The van der Waals surface area contributed by atoms with Crippen molar-refractivity contribution in [2.75, 3.05) is 20.1 Å². The maximum Gasteiger partial charge on any atom is 0.000684 e. The van der Waals surface area contributed by atoms with Crippen molar-refractivity contribution in [3.63, 3.8) is 0 Å². The molecule has 2 atom stereocenters. The molecular weight excluding hydrogens is 134 g/mol. The smallest absolute Gasteiger partial charge is 0.000684 e. The number of hydrogen-bond acceptors (Lipinski definition) is 1. The molecule has 1 aliphatic heterocycles. The highest BCUT2D eigenvalue weighted by Gasteiger charge is 2.28. The molecule has 1 aliphatic rings. The lowest BCUT2D eigenvalue weighted by atomic mass is 9.78. The van der Waals surface area contributed by atoms with Gasteiger partial charge >= 0.3 is 0 Å². The highest BCUT2D eigenvalue weighted by atomic mass is 15.1. The zero-order valence-electron chi connectivity index (χ0n) is 8.30. The third-order valence-electron chi connectivity index (χ3n) is 3.13. The molecule has 0 aromatic heterocycles. The summed E-state index contributed by atoms with van der Waals surface area (Å²) in [5.41, 5.74) is 0. The van der Waals surface area contributed by atoms with E-state index >= 15 is 0 Å². The van der Waals surface area contributed by atoms with Gasteiger partial charge in [0, 0.05) is 13.1 Å². The van der Waals surface area contributed by atoms with Crippen LogP contribution in [0.1, 0.15) is 27.2 Å². The number of nitrogens with zero attached hydrogens (tertiary/aromatic N) is 1. The molecule has 1 saturated heterocycles. The fourth-order valence-electron chi connectivity index (χ4n) is 2.69. The van der Waals surface area contributed by atoms with Crippen LogP contribution in [-0.4, -0.2) is 25.0 Å². The van der Waals surface area contributed by atoms with Crippen molar-refractivity contribution in [2.24, 2.45) is 17.8 Å². The average Bonchev–Trinajstić information content (AvgIpc) is 1.85. The van der Waals surface area contributed by atoms with E-state index in [4.69, 9.17) is 0 Å². The summed E-state index contributed by atoms with van der Waals surface area (Å²) in [4.78, 5) is 2.46. The Hall–Kier alpha value is -0.0400. The van der Waals surface area contributed by atoms with E-state index in [1.165, 1.54) is 19.5 Å². The lowest BCUT2D eigenvalue weighted by Gasteiger charge is -2.39. The second kappa shape index (κ2) is 3.57. The van der Waals surface area contributed by atoms with Crippen LogP contribution in [0.4, 0.5) is 0 Å². The van der Waals surface area contributed by atoms with Crippen LogP contribution in [0.25, 0.3) is 0 Å². The summed E-state index contributed by atoms with van der Waals surface area (Å²) in [6.07, 6.45) is 1.36. The third-order valence-corrected chi connectivity index (χ3v) is 3.13. The van der Waals surface area contributed by atoms with Gasteiger partial charge in [0.05, 0.1) is 0 Å². The van der Waals surface area contributed by atoms with E-state index in [2.05, 4.69) is 32.7 Å². The van der Waals surface area contributed by atoms with Crippen molar-refractivity contribution in [3.05, 3.63) is 0 Å². The summed E-state index contributed by atoms with van der Waals surface area (Å²) in [5, 5.41) is 0. The summed E-state index contributed by atoms with van der Waals surface area (Å²) in [6, 6.07) is 0. The van der Waals surface area contributed by atoms with E-state index in [1.807, 2.05) is 0 Å². The molecule has 11 heavy (non-hydrogen) atoms. The average molecular weight is 155 g/mol. The van der Waals surface area contributed by atoms with E-state index in [0.717, 1.165) is 17.8 Å². The molecule has 1 fully saturated rings. The molecule has 0 radical (unpaired) electrons. The van der Waals surface area contributed by atoms with Crippen molar-refractivity contribution in [2.45, 2.75) is 27.2 Å². The number of piperidine rings is 1. The predicted molar refractivity (Wildman–Crippen MR) is 49.6 cm³/mol. The van der Waals surface area contributed by atoms with Gasteiger partial charge < -0.3 is 4.90 Å². The Bertz CT molecular complexity index is 110. The van der Waals surface area contributed by atoms with Crippen molar-refractivity contribution in [1.82, 2.24) is 4.90 Å². The second-order valence-electron chi connectivity index (χ2n) is 4.25. The van der Waals surface area contributed by atoms with Crippen LogP contribution in [0.2, 0.25) is 0 Å². The Kier molecular flexibility index (Phi) is 2.94. The minimum atomic E-state index is 0.897. The maximum atomic E-state index is 2.46. The maximum absolute atomic E-state index is 2.46. The molecule has 66 valence electrons. The second-order valence-corrected chi connectivity index (χ2v) is 4.25. The quantitative estimate of drug-likeness (QED) is 0.561. The molecule has 0 bridgehead atoms. The molecule has 1 rings (SSSR count). The third kappa shape index (κ3) is 1.96. The van der Waals surface area contributed by atoms with Crippen molar-refractivity contribution in [1.29, 1.82) is 0 Å². The molecule has 1 heterocycles. The number of likely N-dealkylation sites (tertiary alicyclic amines) is 1. The van der Waals surface area contributed by atoms with Gasteiger partial charge in [0.2, 0.25) is 0 Å². The summed E-state index contributed by atoms with van der Waals surface area (Å²) >= 11 is 0. The van der Waals surface area contributed by atoms with Crippen LogP contribution in [0, 0.1) is 17.8 Å². The number of hydrogen-bond donors (Lipinski definition) is 0. The fraction of sp³-hybridized carbons (Fsp3) is 1.00. The predicted octanol–water partition coefficient (Wildman–Crippen LogP) is 2.23. The van der Waals surface area contributed by atoms with Gasteiger partial charge in [-0.2, -0.15) is 0 Å². The molecule has 0 aromatic carbocycles. The molecule has 1 nitrogen and oxygen atoms in total. The van der Waals surface area contributed by atoms with Crippen LogP contribution >= 0.6 is 0 Å². The van der Waals surface area contributed by atoms with Crippen molar-refractivity contribution < 1.29 is 0 Å². The molecule has 0 N–H and O–H groups in total. The first-order valence-electron chi connectivity index (χ1n) is 4.83. The van der Waals surface area contributed by atoms with Gasteiger partial charge in [0.25, 0.3) is 0 Å². The highest BCUT2D eigenvalue weighted by Crippen LogP contribution is 2.29. The van der Waals surface area contributed by atoms with Gasteiger partial charge in [-0.1, -0.05) is 27.2 Å². The molecule has 0 spiro atoms. The Morgan fingerprint density at radius 3 is 2.00 bits per heavy atom. The monoisotopic (exact) mass is 155 g/mol. The van der Waals surface area contributed by atoms with Gasteiger partial charge in [0.1, 0.15) is 0 Å². The van der Waals surface area contributed by atoms with Crippen LogP contribution in [0.5, 0.6) is 0 Å². The first kappa shape index (κ1) is 9.05. The molecule has 0 amide bonds. The molecule has 1 heteroatoms. The summed E-state index contributed by atoms with van der Waals surface area (Å²) in [6.45, 7) is 9.69. The first-order valence-corrected chi connectivity index (χ1v) is 4.83. The lowest BCUT2D eigenvalue weighted by Crippen LogP contribution is -2.41. The van der Waals surface area contributed by atoms with Crippen molar-refractivity contribution in [3.8, 4) is 0 Å². The standard InChI is InChI=1S/C10H21N/c1-5-10-8(2)6-11(4)7-9(10)3/h8-10H,5-7H2,1-4H3. The van der Waals surface area contributed by atoms with Crippen molar-refractivity contribution >= 4 is 0 Å². The van der Waals surface area contributed by atoms with Gasteiger partial charge in [0.15, 0.2) is 0 Å². The summed E-state index contributed by atoms with van der Waals surface area (Å²) in [5.74, 6) is 2.76. The molecule has 0 aliphatic carbocycles. The Morgan fingerprint density at radius 1 is 1.18 bits per heavy atom. The van der Waals surface area contributed by atoms with Gasteiger partial charge in [-0.15, -0.1) is 0 Å². The normalized spacial score (nSPS) is 40.9. The van der Waals surface area contributed by atoms with Crippen LogP contribution in [0.15, 0.2) is 0 Å². The first-order chi connectivity index (χ1) is 5.15. The minimum Gasteiger partial charge on any atom is -0.306 e. The van der Waals surface area contributed by atoms with E-state index in [1.54, 1.807) is 0 Å². The van der Waals surface area contributed by atoms with Crippen LogP contribution in [0.3, 0.4) is 0 Å². The van der Waals surface area contributed by atoms with E-state index in [0.29, 0.717) is 0 Å². The van der Waals surface area contributed by atoms with E-state index < -0.39 is 0 Å². The van der Waals surface area contributed by atoms with Gasteiger partial charge in [-0.3, -0.25) is 0 Å². The topological polar surface area (TPSA) is 3.24 Å². The Balaban J connectivity index is 2.52. The summed E-state index contributed by atoms with van der Waals surface area (Å²) in [7, 11) is 2.24. The summed E-state index contributed by atoms with van der Waals surface area (Å²) < 4.78 is 0. The van der Waals surface area contributed by atoms with Gasteiger partial charge in [-0.25, -0.2) is 0 Å². The minimum absolute atomic E-state index is 0.897. The van der Waals surface area contributed by atoms with Crippen LogP contribution in [-0.2, 0) is 0 Å². The molecule has 2 unspecified atom stereocenters. The highest BCUT2D eigenvalue weighted by molar-refractivity contribution is 4.80. The Labute approximate surface area is 70.8 Å². The Morgan fingerprint density at radius 2 is 1.64 bits per heavy atom. The SMILES string of the molecule is CCC1C(C)CN(C)CC1C. The number of rotatable bonds is 1. The van der Waals surface area contributed by atoms with E-state index in [9.17, 15) is 0 Å². The molecular formula is C10H21N. The van der Waals surface area contributed by atoms with Gasteiger partial charge in [-0.05, 0) is 24.8 Å². The zero-order chi connectivity index (χ0) is 8.43. The molecule has 0 aromatic rings. The zero-order valence-corrected chi connectivity index (χ0v) is 8.30. The fourth-order valence-corrected chi connectivity index (χ4v) is 2.69. The van der Waals surface area contributed by atoms with Crippen LogP contribution < -0.4 is 0 Å². The largest absolute Gasteiger partial charge is 0.306 e.